The van der Waals surface area contributed by atoms with Gasteiger partial charge in [0.15, 0.2) is 5.82 Å². The van der Waals surface area contributed by atoms with E-state index < -0.39 is 0 Å². The second-order valence-corrected chi connectivity index (χ2v) is 3.20. The summed E-state index contributed by atoms with van der Waals surface area (Å²) in [5.74, 6) is 1.38. The molecule has 5 nitrogen and oxygen atoms in total. The maximum absolute atomic E-state index is 8.77. The molecule has 0 amide bonds. The lowest BCUT2D eigenvalue weighted by Crippen LogP contribution is -2.10. The average molecular weight is 185 g/mol. The number of hydrogen-bond acceptors (Lipinski definition) is 4. The largest absolute Gasteiger partial charge is 0.388 e. The quantitative estimate of drug-likeness (QED) is 0.722. The SMILES string of the molecule is COC(c1n[nH]c(CO)n1)C(C)C. The summed E-state index contributed by atoms with van der Waals surface area (Å²) in [5.41, 5.74) is 0. The summed E-state index contributed by atoms with van der Waals surface area (Å²) in [5, 5.41) is 15.4. The lowest BCUT2D eigenvalue weighted by atomic mass is 10.1. The van der Waals surface area contributed by atoms with Gasteiger partial charge in [0, 0.05) is 7.11 Å². The van der Waals surface area contributed by atoms with Gasteiger partial charge in [-0.2, -0.15) is 5.10 Å². The molecular formula is C8H15N3O2. The Morgan fingerprint density at radius 3 is 2.62 bits per heavy atom. The van der Waals surface area contributed by atoms with Crippen LogP contribution in [0.5, 0.6) is 0 Å². The van der Waals surface area contributed by atoms with E-state index in [9.17, 15) is 0 Å². The minimum absolute atomic E-state index is 0.114. The van der Waals surface area contributed by atoms with Gasteiger partial charge in [0.2, 0.25) is 0 Å². The first-order valence-electron chi connectivity index (χ1n) is 4.23. The van der Waals surface area contributed by atoms with Crippen molar-refractivity contribution >= 4 is 0 Å². The van der Waals surface area contributed by atoms with Crippen molar-refractivity contribution in [3.63, 3.8) is 0 Å². The molecule has 5 heteroatoms. The third-order valence-corrected chi connectivity index (χ3v) is 1.81. The van der Waals surface area contributed by atoms with Gasteiger partial charge in [0.25, 0.3) is 0 Å². The molecule has 1 unspecified atom stereocenters. The standard InChI is InChI=1S/C8H15N3O2/c1-5(2)7(13-3)8-9-6(4-12)10-11-8/h5,7,12H,4H2,1-3H3,(H,9,10,11). The van der Waals surface area contributed by atoms with Crippen molar-refractivity contribution in [3.8, 4) is 0 Å². The van der Waals surface area contributed by atoms with Gasteiger partial charge in [-0.1, -0.05) is 13.8 Å². The number of aromatic amines is 1. The van der Waals surface area contributed by atoms with Crippen LogP contribution in [-0.4, -0.2) is 27.4 Å². The zero-order valence-corrected chi connectivity index (χ0v) is 8.11. The number of nitrogens with zero attached hydrogens (tertiary/aromatic N) is 2. The number of ether oxygens (including phenoxy) is 1. The van der Waals surface area contributed by atoms with Crippen molar-refractivity contribution in [2.45, 2.75) is 26.6 Å². The fraction of sp³-hybridized carbons (Fsp3) is 0.750. The highest BCUT2D eigenvalue weighted by Gasteiger charge is 2.19. The minimum Gasteiger partial charge on any atom is -0.388 e. The maximum atomic E-state index is 8.77. The van der Waals surface area contributed by atoms with Crippen LogP contribution in [0.2, 0.25) is 0 Å². The highest BCUT2D eigenvalue weighted by molar-refractivity contribution is 4.94. The molecule has 0 bridgehead atoms. The summed E-state index contributed by atoms with van der Waals surface area (Å²) in [6, 6.07) is 0. The van der Waals surface area contributed by atoms with Gasteiger partial charge in [0.05, 0.1) is 0 Å². The van der Waals surface area contributed by atoms with Gasteiger partial charge in [-0.15, -0.1) is 0 Å². The van der Waals surface area contributed by atoms with Crippen molar-refractivity contribution in [2.24, 2.45) is 5.92 Å². The molecule has 74 valence electrons. The fourth-order valence-electron chi connectivity index (χ4n) is 1.18. The Labute approximate surface area is 77.1 Å². The van der Waals surface area contributed by atoms with Crippen LogP contribution in [0.3, 0.4) is 0 Å². The van der Waals surface area contributed by atoms with Gasteiger partial charge in [-0.25, -0.2) is 4.98 Å². The first kappa shape index (κ1) is 10.1. The van der Waals surface area contributed by atoms with E-state index in [-0.39, 0.29) is 12.7 Å². The molecule has 1 rings (SSSR count). The van der Waals surface area contributed by atoms with E-state index in [2.05, 4.69) is 15.2 Å². The normalized spacial score (nSPS) is 13.6. The van der Waals surface area contributed by atoms with Crippen LogP contribution in [0.15, 0.2) is 0 Å². The van der Waals surface area contributed by atoms with Crippen molar-refractivity contribution in [1.29, 1.82) is 0 Å². The Hall–Kier alpha value is -0.940. The maximum Gasteiger partial charge on any atom is 0.179 e. The number of nitrogens with one attached hydrogen (secondary N) is 1. The molecular weight excluding hydrogens is 170 g/mol. The third-order valence-electron chi connectivity index (χ3n) is 1.81. The highest BCUT2D eigenvalue weighted by atomic mass is 16.5. The van der Waals surface area contributed by atoms with E-state index in [1.54, 1.807) is 7.11 Å². The van der Waals surface area contributed by atoms with Crippen molar-refractivity contribution < 1.29 is 9.84 Å². The van der Waals surface area contributed by atoms with Crippen molar-refractivity contribution in [1.82, 2.24) is 15.2 Å². The molecule has 13 heavy (non-hydrogen) atoms. The lowest BCUT2D eigenvalue weighted by molar-refractivity contribution is 0.0576. The van der Waals surface area contributed by atoms with E-state index in [0.29, 0.717) is 17.6 Å². The van der Waals surface area contributed by atoms with Crippen LogP contribution in [-0.2, 0) is 11.3 Å². The molecule has 0 saturated heterocycles. The molecule has 0 aliphatic carbocycles. The first-order chi connectivity index (χ1) is 6.19. The molecule has 0 spiro atoms. The van der Waals surface area contributed by atoms with Gasteiger partial charge in [0.1, 0.15) is 18.5 Å². The van der Waals surface area contributed by atoms with E-state index in [1.807, 2.05) is 13.8 Å². The smallest absolute Gasteiger partial charge is 0.179 e. The predicted octanol–water partition coefficient (Wildman–Crippen LogP) is 0.640. The zero-order chi connectivity index (χ0) is 9.84. The summed E-state index contributed by atoms with van der Waals surface area (Å²) < 4.78 is 5.23. The number of rotatable bonds is 4. The van der Waals surface area contributed by atoms with Crippen LogP contribution < -0.4 is 0 Å². The topological polar surface area (TPSA) is 71.0 Å². The summed E-state index contributed by atoms with van der Waals surface area (Å²) >= 11 is 0. The van der Waals surface area contributed by atoms with Crippen LogP contribution in [0.25, 0.3) is 0 Å². The summed E-state index contributed by atoms with van der Waals surface area (Å²) in [6.45, 7) is 3.94. The van der Waals surface area contributed by atoms with Gasteiger partial charge in [-0.3, -0.25) is 5.10 Å². The number of hydrogen-bond donors (Lipinski definition) is 2. The molecule has 1 heterocycles. The first-order valence-corrected chi connectivity index (χ1v) is 4.23. The molecule has 0 aliphatic heterocycles. The average Bonchev–Trinajstić information content (AvgIpc) is 2.53. The Morgan fingerprint density at radius 2 is 2.23 bits per heavy atom. The van der Waals surface area contributed by atoms with E-state index in [4.69, 9.17) is 9.84 Å². The Morgan fingerprint density at radius 1 is 1.54 bits per heavy atom. The number of aliphatic hydroxyl groups is 1. The van der Waals surface area contributed by atoms with Crippen molar-refractivity contribution in [3.05, 3.63) is 11.6 Å². The molecule has 0 aromatic carbocycles. The zero-order valence-electron chi connectivity index (χ0n) is 8.11. The Kier molecular flexibility index (Phi) is 3.39. The monoisotopic (exact) mass is 185 g/mol. The molecule has 1 aromatic heterocycles. The van der Waals surface area contributed by atoms with Gasteiger partial charge >= 0.3 is 0 Å². The van der Waals surface area contributed by atoms with Gasteiger partial charge < -0.3 is 9.84 Å². The minimum atomic E-state index is -0.123. The van der Waals surface area contributed by atoms with Crippen LogP contribution in [0.1, 0.15) is 31.6 Å². The number of aliphatic hydroxyl groups excluding tert-OH is 1. The van der Waals surface area contributed by atoms with E-state index in [0.717, 1.165) is 0 Å². The van der Waals surface area contributed by atoms with Gasteiger partial charge in [-0.05, 0) is 5.92 Å². The molecule has 0 fully saturated rings. The molecule has 1 atom stereocenters. The molecule has 0 saturated carbocycles. The van der Waals surface area contributed by atoms with E-state index in [1.165, 1.54) is 0 Å². The summed E-state index contributed by atoms with van der Waals surface area (Å²) in [7, 11) is 1.62. The summed E-state index contributed by atoms with van der Waals surface area (Å²) in [6.07, 6.45) is -0.114. The molecule has 1 aromatic rings. The van der Waals surface area contributed by atoms with Crippen LogP contribution >= 0.6 is 0 Å². The second-order valence-electron chi connectivity index (χ2n) is 3.20. The van der Waals surface area contributed by atoms with Crippen molar-refractivity contribution in [2.75, 3.05) is 7.11 Å². The Bertz CT molecular complexity index is 260. The molecule has 0 aliphatic rings. The molecule has 2 N–H and O–H groups in total. The second kappa shape index (κ2) is 4.34. The number of H-pyrrole nitrogens is 1. The number of aromatic nitrogens is 3. The third kappa shape index (κ3) is 2.26. The highest BCUT2D eigenvalue weighted by Crippen LogP contribution is 2.21. The van der Waals surface area contributed by atoms with E-state index >= 15 is 0 Å². The Balaban J connectivity index is 2.79. The van der Waals surface area contributed by atoms with Crippen LogP contribution in [0.4, 0.5) is 0 Å². The lowest BCUT2D eigenvalue weighted by Gasteiger charge is -2.14. The predicted molar refractivity (Wildman–Crippen MR) is 46.9 cm³/mol. The van der Waals surface area contributed by atoms with Crippen LogP contribution in [0, 0.1) is 5.92 Å². The molecule has 0 radical (unpaired) electrons. The number of methoxy groups -OCH3 is 1. The fourth-order valence-corrected chi connectivity index (χ4v) is 1.18. The summed E-state index contributed by atoms with van der Waals surface area (Å²) in [4.78, 5) is 4.08.